The Labute approximate surface area is 234 Å². The van der Waals surface area contributed by atoms with Crippen LogP contribution in [0.5, 0.6) is 0 Å². The summed E-state index contributed by atoms with van der Waals surface area (Å²) in [6.45, 7) is 7.92. The second-order valence-electron chi connectivity index (χ2n) is 10.4. The van der Waals surface area contributed by atoms with Crippen LogP contribution in [0.25, 0.3) is 10.9 Å². The van der Waals surface area contributed by atoms with Crippen LogP contribution >= 0.6 is 0 Å². The Kier molecular flexibility index (Phi) is 6.76. The Morgan fingerprint density at radius 1 is 0.725 bits per heavy atom. The number of carbonyl (C=O) groups is 1. The highest BCUT2D eigenvalue weighted by Gasteiger charge is 2.26. The number of nitriles is 2. The van der Waals surface area contributed by atoms with Gasteiger partial charge in [-0.15, -0.1) is 0 Å². The van der Waals surface area contributed by atoms with Crippen LogP contribution in [-0.2, 0) is 0 Å². The number of nitrogens with one attached hydrogen (secondary N) is 1. The van der Waals surface area contributed by atoms with Gasteiger partial charge < -0.3 is 24.6 Å². The van der Waals surface area contributed by atoms with Gasteiger partial charge in [-0.25, -0.2) is 0 Å². The zero-order valence-corrected chi connectivity index (χ0v) is 22.6. The van der Waals surface area contributed by atoms with Crippen molar-refractivity contribution in [2.24, 2.45) is 0 Å². The second kappa shape index (κ2) is 10.7. The molecule has 0 unspecified atom stereocenters. The number of rotatable bonds is 4. The number of carbonyl (C=O) groups excluding carboxylic acids is 1. The molecular formula is C32H31N7O. The summed E-state index contributed by atoms with van der Waals surface area (Å²) >= 11 is 0. The summed E-state index contributed by atoms with van der Waals surface area (Å²) < 4.78 is 0. The standard InChI is InChI=1S/C32H31N7O/c1-23-18-28-27(31(22-35-28)38-12-10-36(11-13-38)29-8-4-2-6-24(29)20-33)19-26(23)32(40)39-16-14-37(15-17-39)30-9-5-3-7-25(30)21-34/h2-9,18-19,22,35H,10-17H2,1H3. The molecule has 200 valence electrons. The van der Waals surface area contributed by atoms with Crippen molar-refractivity contribution in [1.82, 2.24) is 9.88 Å². The van der Waals surface area contributed by atoms with Crippen LogP contribution in [0.2, 0.25) is 0 Å². The van der Waals surface area contributed by atoms with Gasteiger partial charge in [-0.05, 0) is 48.9 Å². The Bertz CT molecular complexity index is 1640. The van der Waals surface area contributed by atoms with Gasteiger partial charge in [-0.1, -0.05) is 24.3 Å². The topological polar surface area (TPSA) is 93.4 Å². The molecule has 40 heavy (non-hydrogen) atoms. The normalized spacial score (nSPS) is 15.7. The first-order valence-corrected chi connectivity index (χ1v) is 13.7. The second-order valence-corrected chi connectivity index (χ2v) is 10.4. The maximum absolute atomic E-state index is 13.7. The lowest BCUT2D eigenvalue weighted by Gasteiger charge is -2.37. The summed E-state index contributed by atoms with van der Waals surface area (Å²) in [5.41, 5.74) is 7.12. The minimum atomic E-state index is 0.0534. The number of benzene rings is 3. The summed E-state index contributed by atoms with van der Waals surface area (Å²) in [5.74, 6) is 0.0534. The number of aryl methyl sites for hydroxylation is 1. The first-order valence-electron chi connectivity index (χ1n) is 13.7. The Morgan fingerprint density at radius 2 is 1.23 bits per heavy atom. The van der Waals surface area contributed by atoms with E-state index in [1.54, 1.807) is 0 Å². The maximum Gasteiger partial charge on any atom is 0.254 e. The van der Waals surface area contributed by atoms with Crippen LogP contribution in [0.3, 0.4) is 0 Å². The predicted molar refractivity (Wildman–Crippen MR) is 158 cm³/mol. The van der Waals surface area contributed by atoms with E-state index in [1.165, 1.54) is 0 Å². The molecule has 4 aromatic rings. The quantitative estimate of drug-likeness (QED) is 0.418. The molecule has 2 aliphatic heterocycles. The molecule has 0 radical (unpaired) electrons. The minimum absolute atomic E-state index is 0.0534. The van der Waals surface area contributed by atoms with Gasteiger partial charge in [0.2, 0.25) is 0 Å². The number of amides is 1. The summed E-state index contributed by atoms with van der Waals surface area (Å²) in [4.78, 5) is 25.9. The van der Waals surface area contributed by atoms with E-state index in [-0.39, 0.29) is 5.91 Å². The van der Waals surface area contributed by atoms with Crippen molar-refractivity contribution in [3.8, 4) is 12.1 Å². The molecule has 1 N–H and O–H groups in total. The lowest BCUT2D eigenvalue weighted by Crippen LogP contribution is -2.49. The zero-order chi connectivity index (χ0) is 27.6. The van der Waals surface area contributed by atoms with Crippen molar-refractivity contribution in [1.29, 1.82) is 10.5 Å². The van der Waals surface area contributed by atoms with E-state index < -0.39 is 0 Å². The van der Waals surface area contributed by atoms with E-state index in [0.717, 1.165) is 65.3 Å². The van der Waals surface area contributed by atoms with Gasteiger partial charge in [-0.2, -0.15) is 10.5 Å². The van der Waals surface area contributed by atoms with Gasteiger partial charge in [-0.3, -0.25) is 4.79 Å². The molecule has 2 fully saturated rings. The lowest BCUT2D eigenvalue weighted by atomic mass is 10.0. The first-order chi connectivity index (χ1) is 19.6. The third-order valence-corrected chi connectivity index (χ3v) is 8.15. The van der Waals surface area contributed by atoms with Gasteiger partial charge in [0, 0.05) is 75.0 Å². The van der Waals surface area contributed by atoms with E-state index in [4.69, 9.17) is 0 Å². The Hall–Kier alpha value is -4.95. The fraction of sp³-hybridized carbons (Fsp3) is 0.281. The summed E-state index contributed by atoms with van der Waals surface area (Å²) in [7, 11) is 0. The molecule has 0 bridgehead atoms. The van der Waals surface area contributed by atoms with E-state index in [0.29, 0.717) is 37.3 Å². The van der Waals surface area contributed by atoms with Crippen molar-refractivity contribution >= 4 is 33.9 Å². The number of anilines is 3. The van der Waals surface area contributed by atoms with Crippen LogP contribution in [0, 0.1) is 29.6 Å². The van der Waals surface area contributed by atoms with Crippen molar-refractivity contribution in [3.05, 3.63) is 89.1 Å². The molecule has 2 saturated heterocycles. The van der Waals surface area contributed by atoms with Crippen LogP contribution < -0.4 is 14.7 Å². The van der Waals surface area contributed by atoms with E-state index in [2.05, 4.69) is 37.9 Å². The molecule has 1 aromatic heterocycles. The fourth-order valence-corrected chi connectivity index (χ4v) is 5.95. The first kappa shape index (κ1) is 25.3. The maximum atomic E-state index is 13.7. The Morgan fingerprint density at radius 3 is 1.77 bits per heavy atom. The average molecular weight is 530 g/mol. The molecule has 3 heterocycles. The molecule has 3 aromatic carbocycles. The minimum Gasteiger partial charge on any atom is -0.367 e. The van der Waals surface area contributed by atoms with Gasteiger partial charge in [0.15, 0.2) is 0 Å². The number of fused-ring (bicyclic) bond motifs is 1. The number of para-hydroxylation sites is 2. The molecule has 0 spiro atoms. The van der Waals surface area contributed by atoms with Gasteiger partial charge in [0.25, 0.3) is 5.91 Å². The van der Waals surface area contributed by atoms with Crippen LogP contribution in [0.15, 0.2) is 66.9 Å². The van der Waals surface area contributed by atoms with E-state index in [9.17, 15) is 15.3 Å². The number of nitrogens with zero attached hydrogens (tertiary/aromatic N) is 6. The smallest absolute Gasteiger partial charge is 0.254 e. The van der Waals surface area contributed by atoms with Crippen molar-refractivity contribution in [2.45, 2.75) is 6.92 Å². The van der Waals surface area contributed by atoms with Crippen LogP contribution in [0.1, 0.15) is 27.0 Å². The largest absolute Gasteiger partial charge is 0.367 e. The predicted octanol–water partition coefficient (Wildman–Crippen LogP) is 4.51. The van der Waals surface area contributed by atoms with Gasteiger partial charge >= 0.3 is 0 Å². The molecule has 8 heteroatoms. The number of aromatic nitrogens is 1. The third-order valence-electron chi connectivity index (χ3n) is 8.15. The highest BCUT2D eigenvalue weighted by Crippen LogP contribution is 2.32. The van der Waals surface area contributed by atoms with Crippen molar-refractivity contribution in [3.63, 3.8) is 0 Å². The van der Waals surface area contributed by atoms with E-state index in [1.807, 2.05) is 72.6 Å². The Balaban J connectivity index is 1.17. The fourth-order valence-electron chi connectivity index (χ4n) is 5.95. The number of H-pyrrole nitrogens is 1. The molecule has 6 rings (SSSR count). The van der Waals surface area contributed by atoms with Crippen molar-refractivity contribution in [2.75, 3.05) is 67.1 Å². The molecule has 0 atom stereocenters. The third kappa shape index (κ3) is 4.58. The van der Waals surface area contributed by atoms with Crippen LogP contribution in [-0.4, -0.2) is 68.1 Å². The lowest BCUT2D eigenvalue weighted by molar-refractivity contribution is 0.0746. The molecule has 0 saturated carbocycles. The molecule has 2 aliphatic rings. The molecule has 1 amide bonds. The number of aromatic amines is 1. The molecule has 0 aliphatic carbocycles. The molecular weight excluding hydrogens is 498 g/mol. The highest BCUT2D eigenvalue weighted by molar-refractivity contribution is 6.03. The zero-order valence-electron chi connectivity index (χ0n) is 22.6. The number of piperazine rings is 2. The molecule has 8 nitrogen and oxygen atoms in total. The summed E-state index contributed by atoms with van der Waals surface area (Å²) in [5, 5.41) is 20.0. The highest BCUT2D eigenvalue weighted by atomic mass is 16.2. The van der Waals surface area contributed by atoms with Crippen LogP contribution in [0.4, 0.5) is 17.1 Å². The SMILES string of the molecule is Cc1cc2[nH]cc(N3CCN(c4ccccc4C#N)CC3)c2cc1C(=O)N1CCN(c2ccccc2C#N)CC1. The summed E-state index contributed by atoms with van der Waals surface area (Å²) in [6, 6.07) is 24.1. The number of hydrogen-bond acceptors (Lipinski definition) is 6. The summed E-state index contributed by atoms with van der Waals surface area (Å²) in [6.07, 6.45) is 2.04. The number of hydrogen-bond donors (Lipinski definition) is 1. The van der Waals surface area contributed by atoms with Gasteiger partial charge in [0.1, 0.15) is 12.1 Å². The van der Waals surface area contributed by atoms with Gasteiger partial charge in [0.05, 0.1) is 28.2 Å². The van der Waals surface area contributed by atoms with E-state index >= 15 is 0 Å². The monoisotopic (exact) mass is 529 g/mol. The van der Waals surface area contributed by atoms with Crippen molar-refractivity contribution < 1.29 is 4.79 Å². The average Bonchev–Trinajstić information content (AvgIpc) is 3.43.